The molecule has 24 heavy (non-hydrogen) atoms. The number of aryl methyl sites for hydroxylation is 1. The predicted molar refractivity (Wildman–Crippen MR) is 92.3 cm³/mol. The molecule has 0 saturated carbocycles. The van der Waals surface area contributed by atoms with Crippen LogP contribution >= 0.6 is 23.1 Å². The fourth-order valence-electron chi connectivity index (χ4n) is 2.20. The van der Waals surface area contributed by atoms with E-state index in [-0.39, 0.29) is 0 Å². The Morgan fingerprint density at radius 1 is 1.17 bits per heavy atom. The van der Waals surface area contributed by atoms with E-state index in [0.29, 0.717) is 5.16 Å². The largest absolute Gasteiger partial charge is 0.497 e. The second kappa shape index (κ2) is 6.17. The van der Waals surface area contributed by atoms with Gasteiger partial charge in [-0.3, -0.25) is 0 Å². The molecule has 0 atom stereocenters. The number of ether oxygens (including phenoxy) is 1. The summed E-state index contributed by atoms with van der Waals surface area (Å²) in [5.41, 5.74) is 2.04. The number of methoxy groups -OCH3 is 1. The Morgan fingerprint density at radius 3 is 2.71 bits per heavy atom. The Bertz CT molecular complexity index is 995. The van der Waals surface area contributed by atoms with Gasteiger partial charge >= 0.3 is 0 Å². The monoisotopic (exact) mass is 356 g/mol. The molecule has 0 radical (unpaired) electrons. The SMILES string of the molecule is COc1ccc(-c2cc3ncnc(Sc4nnnn4C)c3s2)cc1. The van der Waals surface area contributed by atoms with Crippen molar-refractivity contribution in [3.05, 3.63) is 36.7 Å². The summed E-state index contributed by atoms with van der Waals surface area (Å²) in [6.45, 7) is 0. The molecule has 3 aromatic heterocycles. The molecule has 0 fully saturated rings. The van der Waals surface area contributed by atoms with Crippen LogP contribution in [-0.4, -0.2) is 37.3 Å². The molecule has 9 heteroatoms. The Labute approximate surface area is 145 Å². The summed E-state index contributed by atoms with van der Waals surface area (Å²) in [6, 6.07) is 10.0. The number of tetrazole rings is 1. The maximum atomic E-state index is 5.21. The van der Waals surface area contributed by atoms with Gasteiger partial charge in [0.15, 0.2) is 0 Å². The second-order valence-electron chi connectivity index (χ2n) is 4.92. The summed E-state index contributed by atoms with van der Waals surface area (Å²) in [7, 11) is 3.47. The molecule has 0 saturated heterocycles. The lowest BCUT2D eigenvalue weighted by atomic mass is 10.2. The van der Waals surface area contributed by atoms with Crippen LogP contribution in [0.1, 0.15) is 0 Å². The zero-order chi connectivity index (χ0) is 16.5. The first-order valence-corrected chi connectivity index (χ1v) is 8.67. The Kier molecular flexibility index (Phi) is 3.87. The lowest BCUT2D eigenvalue weighted by Crippen LogP contribution is -1.93. The van der Waals surface area contributed by atoms with Gasteiger partial charge in [-0.2, -0.15) is 0 Å². The minimum atomic E-state index is 0.689. The van der Waals surface area contributed by atoms with Gasteiger partial charge < -0.3 is 4.74 Å². The van der Waals surface area contributed by atoms with Crippen molar-refractivity contribution >= 4 is 33.3 Å². The van der Waals surface area contributed by atoms with Crippen molar-refractivity contribution in [2.75, 3.05) is 7.11 Å². The number of thiophene rings is 1. The molecule has 4 aromatic rings. The predicted octanol–water partition coefficient (Wildman–Crippen LogP) is 3.04. The quantitative estimate of drug-likeness (QED) is 0.520. The molecule has 7 nitrogen and oxygen atoms in total. The number of hydrogen-bond donors (Lipinski definition) is 0. The van der Waals surface area contributed by atoms with Crippen molar-refractivity contribution in [1.82, 2.24) is 30.2 Å². The molecule has 3 heterocycles. The average molecular weight is 356 g/mol. The zero-order valence-corrected chi connectivity index (χ0v) is 14.5. The van der Waals surface area contributed by atoms with Gasteiger partial charge in [0.2, 0.25) is 5.16 Å². The minimum absolute atomic E-state index is 0.689. The van der Waals surface area contributed by atoms with Crippen LogP contribution in [0.2, 0.25) is 0 Å². The highest BCUT2D eigenvalue weighted by Crippen LogP contribution is 2.38. The van der Waals surface area contributed by atoms with Crippen LogP contribution in [0.25, 0.3) is 20.7 Å². The Balaban J connectivity index is 1.74. The average Bonchev–Trinajstić information content (AvgIpc) is 3.22. The maximum Gasteiger partial charge on any atom is 0.215 e. The fraction of sp³-hybridized carbons (Fsp3) is 0.133. The number of nitrogens with zero attached hydrogens (tertiary/aromatic N) is 6. The molecule has 0 unspecified atom stereocenters. The van der Waals surface area contributed by atoms with E-state index in [0.717, 1.165) is 31.4 Å². The molecule has 0 amide bonds. The first-order chi connectivity index (χ1) is 11.7. The van der Waals surface area contributed by atoms with Gasteiger partial charge in [-0.15, -0.1) is 16.4 Å². The van der Waals surface area contributed by atoms with Crippen LogP contribution in [0.5, 0.6) is 5.75 Å². The van der Waals surface area contributed by atoms with Crippen molar-refractivity contribution in [2.24, 2.45) is 7.05 Å². The first kappa shape index (κ1) is 15.0. The number of rotatable bonds is 4. The molecule has 0 bridgehead atoms. The minimum Gasteiger partial charge on any atom is -0.497 e. The zero-order valence-electron chi connectivity index (χ0n) is 12.9. The number of fused-ring (bicyclic) bond motifs is 1. The van der Waals surface area contributed by atoms with Crippen molar-refractivity contribution in [3.63, 3.8) is 0 Å². The molecule has 120 valence electrons. The van der Waals surface area contributed by atoms with E-state index >= 15 is 0 Å². The fourth-order valence-corrected chi connectivity index (χ4v) is 4.16. The van der Waals surface area contributed by atoms with E-state index in [4.69, 9.17) is 4.74 Å². The normalized spacial score (nSPS) is 11.1. The van der Waals surface area contributed by atoms with Gasteiger partial charge in [0.1, 0.15) is 17.1 Å². The standard InChI is InChI=1S/C15H12N6OS2/c1-21-15(18-19-20-21)24-14-13-11(16-8-17-14)7-12(23-13)9-3-5-10(22-2)6-4-9/h3-8H,1-2H3. The van der Waals surface area contributed by atoms with Gasteiger partial charge in [-0.25, -0.2) is 14.6 Å². The number of benzene rings is 1. The highest BCUT2D eigenvalue weighted by Gasteiger charge is 2.14. The van der Waals surface area contributed by atoms with Gasteiger partial charge in [0.05, 0.1) is 17.3 Å². The Hall–Kier alpha value is -2.52. The van der Waals surface area contributed by atoms with Crippen LogP contribution in [0.15, 0.2) is 46.8 Å². The van der Waals surface area contributed by atoms with Crippen LogP contribution in [0.3, 0.4) is 0 Å². The third kappa shape index (κ3) is 2.72. The van der Waals surface area contributed by atoms with Gasteiger partial charge in [0, 0.05) is 11.9 Å². The summed E-state index contributed by atoms with van der Waals surface area (Å²) in [5.74, 6) is 0.839. The van der Waals surface area contributed by atoms with Crippen molar-refractivity contribution < 1.29 is 4.74 Å². The summed E-state index contributed by atoms with van der Waals surface area (Å²) in [4.78, 5) is 9.90. The summed E-state index contributed by atoms with van der Waals surface area (Å²) in [5, 5.41) is 13.0. The summed E-state index contributed by atoms with van der Waals surface area (Å²) >= 11 is 3.08. The molecule has 4 rings (SSSR count). The van der Waals surface area contributed by atoms with Gasteiger partial charge in [-0.1, -0.05) is 0 Å². The first-order valence-electron chi connectivity index (χ1n) is 7.04. The van der Waals surface area contributed by atoms with Gasteiger partial charge in [-0.05, 0) is 58.1 Å². The summed E-state index contributed by atoms with van der Waals surface area (Å²) in [6.07, 6.45) is 1.57. The van der Waals surface area contributed by atoms with Crippen LogP contribution in [0.4, 0.5) is 0 Å². The third-order valence-electron chi connectivity index (χ3n) is 3.42. The topological polar surface area (TPSA) is 78.6 Å². The van der Waals surface area contributed by atoms with Crippen molar-refractivity contribution in [1.29, 1.82) is 0 Å². The van der Waals surface area contributed by atoms with Crippen molar-refractivity contribution in [3.8, 4) is 16.2 Å². The smallest absolute Gasteiger partial charge is 0.215 e. The molecular formula is C15H12N6OS2. The molecule has 1 aromatic carbocycles. The highest BCUT2D eigenvalue weighted by atomic mass is 32.2. The molecule has 0 spiro atoms. The summed E-state index contributed by atoms with van der Waals surface area (Å²) < 4.78 is 7.86. The van der Waals surface area contributed by atoms with Crippen LogP contribution in [-0.2, 0) is 7.05 Å². The Morgan fingerprint density at radius 2 is 2.00 bits per heavy atom. The highest BCUT2D eigenvalue weighted by molar-refractivity contribution is 7.99. The van der Waals surface area contributed by atoms with E-state index < -0.39 is 0 Å². The van der Waals surface area contributed by atoms with Gasteiger partial charge in [0.25, 0.3) is 0 Å². The molecule has 0 aliphatic carbocycles. The van der Waals surface area contributed by atoms with Crippen LogP contribution in [0, 0.1) is 0 Å². The molecule has 0 N–H and O–H groups in total. The lowest BCUT2D eigenvalue weighted by molar-refractivity contribution is 0.415. The van der Waals surface area contributed by atoms with E-state index in [1.807, 2.05) is 24.3 Å². The molecule has 0 aliphatic heterocycles. The maximum absolute atomic E-state index is 5.21. The molecule has 0 aliphatic rings. The lowest BCUT2D eigenvalue weighted by Gasteiger charge is -2.00. The van der Waals surface area contributed by atoms with E-state index in [1.54, 1.807) is 36.5 Å². The van der Waals surface area contributed by atoms with E-state index in [9.17, 15) is 0 Å². The number of aromatic nitrogens is 6. The second-order valence-corrected chi connectivity index (χ2v) is 6.93. The van der Waals surface area contributed by atoms with Crippen LogP contribution < -0.4 is 4.74 Å². The number of hydrogen-bond acceptors (Lipinski definition) is 8. The van der Waals surface area contributed by atoms with E-state index in [2.05, 4.69) is 31.6 Å². The molecular weight excluding hydrogens is 344 g/mol. The van der Waals surface area contributed by atoms with Crippen molar-refractivity contribution in [2.45, 2.75) is 10.2 Å². The third-order valence-corrected chi connectivity index (χ3v) is 5.76. The van der Waals surface area contributed by atoms with E-state index in [1.165, 1.54) is 11.8 Å².